The Kier molecular flexibility index (Phi) is 4.45. The highest BCUT2D eigenvalue weighted by molar-refractivity contribution is 5.24. The molecule has 1 unspecified atom stereocenters. The van der Waals surface area contributed by atoms with Gasteiger partial charge in [0.2, 0.25) is 0 Å². The van der Waals surface area contributed by atoms with Gasteiger partial charge in [-0.2, -0.15) is 0 Å². The lowest BCUT2D eigenvalue weighted by Crippen LogP contribution is -2.19. The molecule has 0 spiro atoms. The van der Waals surface area contributed by atoms with Crippen molar-refractivity contribution in [2.75, 3.05) is 0 Å². The molecular formula is C16H16F3N. The van der Waals surface area contributed by atoms with Crippen molar-refractivity contribution in [3.63, 3.8) is 0 Å². The van der Waals surface area contributed by atoms with Crippen LogP contribution in [0.25, 0.3) is 0 Å². The molecule has 0 fully saturated rings. The molecule has 2 aromatic rings. The first kappa shape index (κ1) is 14.6. The van der Waals surface area contributed by atoms with Gasteiger partial charge in [-0.05, 0) is 49.2 Å². The fraction of sp³-hybridized carbons (Fsp3) is 0.250. The zero-order valence-corrected chi connectivity index (χ0v) is 11.4. The molecule has 0 saturated heterocycles. The molecule has 0 radical (unpaired) electrons. The van der Waals surface area contributed by atoms with Crippen LogP contribution in [0.1, 0.15) is 29.7 Å². The number of benzene rings is 2. The quantitative estimate of drug-likeness (QED) is 0.881. The van der Waals surface area contributed by atoms with Crippen LogP contribution in [0.15, 0.2) is 36.4 Å². The van der Waals surface area contributed by atoms with Crippen molar-refractivity contribution in [3.8, 4) is 0 Å². The minimum Gasteiger partial charge on any atom is -0.306 e. The van der Waals surface area contributed by atoms with Crippen LogP contribution in [0, 0.1) is 24.4 Å². The maximum absolute atomic E-state index is 13.6. The van der Waals surface area contributed by atoms with Gasteiger partial charge in [0.15, 0.2) is 0 Å². The maximum Gasteiger partial charge on any atom is 0.128 e. The highest BCUT2D eigenvalue weighted by Gasteiger charge is 2.11. The fourth-order valence-corrected chi connectivity index (χ4v) is 1.97. The fourth-order valence-electron chi connectivity index (χ4n) is 1.97. The van der Waals surface area contributed by atoms with Crippen LogP contribution >= 0.6 is 0 Å². The lowest BCUT2D eigenvalue weighted by Gasteiger charge is -2.15. The molecule has 1 nitrogen and oxygen atoms in total. The molecule has 0 saturated carbocycles. The van der Waals surface area contributed by atoms with Crippen LogP contribution in [0.4, 0.5) is 13.2 Å². The number of hydrogen-bond donors (Lipinski definition) is 1. The number of nitrogens with one attached hydrogen (secondary N) is 1. The van der Waals surface area contributed by atoms with Crippen LogP contribution in [-0.2, 0) is 6.54 Å². The summed E-state index contributed by atoms with van der Waals surface area (Å²) in [5, 5.41) is 3.06. The summed E-state index contributed by atoms with van der Waals surface area (Å²) >= 11 is 0. The van der Waals surface area contributed by atoms with Gasteiger partial charge < -0.3 is 5.32 Å². The Balaban J connectivity index is 2.06. The van der Waals surface area contributed by atoms with Gasteiger partial charge in [-0.15, -0.1) is 0 Å². The number of rotatable bonds is 4. The smallest absolute Gasteiger partial charge is 0.128 e. The Bertz CT molecular complexity index is 611. The predicted molar refractivity (Wildman–Crippen MR) is 72.7 cm³/mol. The van der Waals surface area contributed by atoms with Crippen LogP contribution in [0.3, 0.4) is 0 Å². The molecule has 0 aliphatic heterocycles. The summed E-state index contributed by atoms with van der Waals surface area (Å²) in [6.07, 6.45) is 0. The Morgan fingerprint density at radius 1 is 1.00 bits per heavy atom. The molecule has 1 N–H and O–H groups in total. The molecule has 0 bridgehead atoms. The first-order valence-corrected chi connectivity index (χ1v) is 6.40. The average Bonchev–Trinajstić information content (AvgIpc) is 2.42. The van der Waals surface area contributed by atoms with Gasteiger partial charge in [0, 0.05) is 18.2 Å². The minimum absolute atomic E-state index is 0.262. The summed E-state index contributed by atoms with van der Waals surface area (Å²) in [5.41, 5.74) is 1.60. The molecule has 0 aliphatic rings. The van der Waals surface area contributed by atoms with Crippen LogP contribution in [-0.4, -0.2) is 0 Å². The van der Waals surface area contributed by atoms with E-state index in [1.807, 2.05) is 0 Å². The molecule has 4 heteroatoms. The second kappa shape index (κ2) is 6.09. The number of hydrogen-bond acceptors (Lipinski definition) is 1. The van der Waals surface area contributed by atoms with Crippen LogP contribution in [0.5, 0.6) is 0 Å². The summed E-state index contributed by atoms with van der Waals surface area (Å²) in [6.45, 7) is 3.81. The molecule has 20 heavy (non-hydrogen) atoms. The number of aryl methyl sites for hydroxylation is 1. The van der Waals surface area contributed by atoms with Crippen molar-refractivity contribution in [2.24, 2.45) is 0 Å². The standard InChI is InChI=1S/C16H16F3N/c1-10-3-4-12(7-16(10)19)9-20-11(2)14-8-13(17)5-6-15(14)18/h3-8,11,20H,9H2,1-2H3. The molecule has 0 heterocycles. The Hall–Kier alpha value is -1.81. The summed E-state index contributed by atoms with van der Waals surface area (Å²) < 4.78 is 40.1. The summed E-state index contributed by atoms with van der Waals surface area (Å²) in [6, 6.07) is 7.93. The number of halogens is 3. The van der Waals surface area contributed by atoms with Gasteiger partial charge in [-0.3, -0.25) is 0 Å². The molecule has 0 aliphatic carbocycles. The van der Waals surface area contributed by atoms with Crippen LogP contribution < -0.4 is 5.32 Å². The van der Waals surface area contributed by atoms with Gasteiger partial charge >= 0.3 is 0 Å². The summed E-state index contributed by atoms with van der Waals surface area (Å²) in [5.74, 6) is -1.20. The summed E-state index contributed by atoms with van der Waals surface area (Å²) in [7, 11) is 0. The van der Waals surface area contributed by atoms with Gasteiger partial charge in [0.1, 0.15) is 17.5 Å². The largest absolute Gasteiger partial charge is 0.306 e. The third kappa shape index (κ3) is 3.39. The third-order valence-corrected chi connectivity index (χ3v) is 3.27. The molecule has 0 amide bonds. The second-order valence-corrected chi connectivity index (χ2v) is 4.85. The van der Waals surface area contributed by atoms with E-state index >= 15 is 0 Å². The highest BCUT2D eigenvalue weighted by Crippen LogP contribution is 2.19. The van der Waals surface area contributed by atoms with E-state index in [0.717, 1.165) is 17.7 Å². The van der Waals surface area contributed by atoms with Crippen molar-refractivity contribution in [1.29, 1.82) is 0 Å². The zero-order valence-electron chi connectivity index (χ0n) is 11.4. The molecule has 2 aromatic carbocycles. The van der Waals surface area contributed by atoms with Gasteiger partial charge in [0.25, 0.3) is 0 Å². The van der Waals surface area contributed by atoms with Crippen LogP contribution in [0.2, 0.25) is 0 Å². The monoisotopic (exact) mass is 279 g/mol. The molecular weight excluding hydrogens is 263 g/mol. The average molecular weight is 279 g/mol. The first-order valence-electron chi connectivity index (χ1n) is 6.40. The normalized spacial score (nSPS) is 12.4. The first-order chi connectivity index (χ1) is 9.47. The van der Waals surface area contributed by atoms with Crippen molar-refractivity contribution < 1.29 is 13.2 Å². The van der Waals surface area contributed by atoms with Crippen molar-refractivity contribution in [1.82, 2.24) is 5.32 Å². The van der Waals surface area contributed by atoms with E-state index in [4.69, 9.17) is 0 Å². The van der Waals surface area contributed by atoms with E-state index in [2.05, 4.69) is 5.32 Å². The van der Waals surface area contributed by atoms with E-state index in [1.165, 1.54) is 12.1 Å². The van der Waals surface area contributed by atoms with Gasteiger partial charge in [-0.1, -0.05) is 12.1 Å². The third-order valence-electron chi connectivity index (χ3n) is 3.27. The maximum atomic E-state index is 13.6. The predicted octanol–water partition coefficient (Wildman–Crippen LogP) is 4.26. The topological polar surface area (TPSA) is 12.0 Å². The Morgan fingerprint density at radius 2 is 1.75 bits per heavy atom. The SMILES string of the molecule is Cc1ccc(CNC(C)c2cc(F)ccc2F)cc1F. The molecule has 2 rings (SSSR count). The van der Waals surface area contributed by atoms with E-state index in [9.17, 15) is 13.2 Å². The highest BCUT2D eigenvalue weighted by atomic mass is 19.1. The lowest BCUT2D eigenvalue weighted by molar-refractivity contribution is 0.517. The molecule has 106 valence electrons. The lowest BCUT2D eigenvalue weighted by atomic mass is 10.1. The molecule has 0 aromatic heterocycles. The van der Waals surface area contributed by atoms with E-state index < -0.39 is 11.6 Å². The van der Waals surface area contributed by atoms with E-state index in [0.29, 0.717) is 12.1 Å². The second-order valence-electron chi connectivity index (χ2n) is 4.85. The van der Waals surface area contributed by atoms with Gasteiger partial charge in [-0.25, -0.2) is 13.2 Å². The summed E-state index contributed by atoms with van der Waals surface area (Å²) in [4.78, 5) is 0. The van der Waals surface area contributed by atoms with Crippen molar-refractivity contribution >= 4 is 0 Å². The Labute approximate surface area is 116 Å². The van der Waals surface area contributed by atoms with E-state index in [-0.39, 0.29) is 17.4 Å². The minimum atomic E-state index is -0.476. The Morgan fingerprint density at radius 3 is 2.45 bits per heavy atom. The molecule has 1 atom stereocenters. The van der Waals surface area contributed by atoms with Gasteiger partial charge in [0.05, 0.1) is 0 Å². The van der Waals surface area contributed by atoms with Crippen molar-refractivity contribution in [3.05, 3.63) is 70.5 Å². The zero-order chi connectivity index (χ0) is 14.7. The van der Waals surface area contributed by atoms with E-state index in [1.54, 1.807) is 26.0 Å². The van der Waals surface area contributed by atoms with Crippen molar-refractivity contribution in [2.45, 2.75) is 26.4 Å².